The number of nitrogens with zero attached hydrogens (tertiary/aromatic N) is 1. The number of amides is 1. The molecule has 0 saturated heterocycles. The van der Waals surface area contributed by atoms with Crippen molar-refractivity contribution in [2.45, 2.75) is 19.9 Å². The van der Waals surface area contributed by atoms with E-state index in [2.05, 4.69) is 5.32 Å². The van der Waals surface area contributed by atoms with Crippen molar-refractivity contribution in [1.82, 2.24) is 5.32 Å². The average molecular weight is 353 g/mol. The Kier molecular flexibility index (Phi) is 5.23. The highest BCUT2D eigenvalue weighted by Gasteiger charge is 2.20. The number of carbonyl (C=O) groups excluding carboxylic acids is 1. The second kappa shape index (κ2) is 6.98. The van der Waals surface area contributed by atoms with E-state index in [0.29, 0.717) is 21.2 Å². The fourth-order valence-electron chi connectivity index (χ4n) is 2.27. The summed E-state index contributed by atoms with van der Waals surface area (Å²) in [5.74, 6) is -0.398. The number of nitrogens with one attached hydrogen (secondary N) is 1. The molecule has 1 amide bonds. The van der Waals surface area contributed by atoms with Crippen LogP contribution in [0.4, 0.5) is 5.69 Å². The van der Waals surface area contributed by atoms with Gasteiger partial charge in [-0.1, -0.05) is 35.3 Å². The van der Waals surface area contributed by atoms with Crippen LogP contribution >= 0.6 is 23.2 Å². The van der Waals surface area contributed by atoms with Crippen LogP contribution in [0.2, 0.25) is 10.0 Å². The van der Waals surface area contributed by atoms with Crippen molar-refractivity contribution in [3.8, 4) is 0 Å². The highest BCUT2D eigenvalue weighted by atomic mass is 35.5. The lowest BCUT2D eigenvalue weighted by Gasteiger charge is -2.16. The molecule has 120 valence electrons. The molecular weight excluding hydrogens is 339 g/mol. The topological polar surface area (TPSA) is 72.2 Å². The number of halogens is 2. The number of hydrogen-bond acceptors (Lipinski definition) is 3. The Bertz CT molecular complexity index is 778. The molecule has 7 heteroatoms. The van der Waals surface area contributed by atoms with Gasteiger partial charge in [-0.05, 0) is 37.6 Å². The summed E-state index contributed by atoms with van der Waals surface area (Å²) in [6, 6.07) is 9.05. The lowest BCUT2D eigenvalue weighted by atomic mass is 10.0. The van der Waals surface area contributed by atoms with Crippen LogP contribution in [-0.2, 0) is 0 Å². The minimum atomic E-state index is -0.508. The minimum Gasteiger partial charge on any atom is -0.345 e. The molecule has 0 aromatic heterocycles. The monoisotopic (exact) mass is 352 g/mol. The Morgan fingerprint density at radius 2 is 1.96 bits per heavy atom. The molecule has 0 radical (unpaired) electrons. The van der Waals surface area contributed by atoms with Crippen molar-refractivity contribution < 1.29 is 9.72 Å². The van der Waals surface area contributed by atoms with Gasteiger partial charge >= 0.3 is 0 Å². The zero-order valence-corrected chi connectivity index (χ0v) is 14.0. The second-order valence-corrected chi connectivity index (χ2v) is 5.91. The number of nitro groups is 1. The van der Waals surface area contributed by atoms with Gasteiger partial charge in [0.25, 0.3) is 11.6 Å². The Balaban J connectivity index is 2.25. The van der Waals surface area contributed by atoms with Gasteiger partial charge in [0.1, 0.15) is 0 Å². The molecule has 0 spiro atoms. The molecule has 23 heavy (non-hydrogen) atoms. The third-order valence-electron chi connectivity index (χ3n) is 3.52. The number of nitro benzene ring substituents is 1. The van der Waals surface area contributed by atoms with E-state index in [-0.39, 0.29) is 17.3 Å². The SMILES string of the molecule is Cc1c(C(=O)N[C@@H](C)c2ccc(Cl)cc2Cl)cccc1[N+](=O)[O-]. The third-order valence-corrected chi connectivity index (χ3v) is 4.09. The molecule has 5 nitrogen and oxygen atoms in total. The fourth-order valence-corrected chi connectivity index (χ4v) is 2.84. The van der Waals surface area contributed by atoms with E-state index in [4.69, 9.17) is 23.2 Å². The summed E-state index contributed by atoms with van der Waals surface area (Å²) >= 11 is 12.0. The molecule has 0 fully saturated rings. The molecule has 1 N–H and O–H groups in total. The van der Waals surface area contributed by atoms with Gasteiger partial charge in [-0.25, -0.2) is 0 Å². The minimum absolute atomic E-state index is 0.0881. The first-order valence-electron chi connectivity index (χ1n) is 6.81. The van der Waals surface area contributed by atoms with Gasteiger partial charge < -0.3 is 5.32 Å². The van der Waals surface area contributed by atoms with E-state index in [0.717, 1.165) is 0 Å². The predicted octanol–water partition coefficient (Wildman–Crippen LogP) is 4.70. The van der Waals surface area contributed by atoms with Gasteiger partial charge in [-0.3, -0.25) is 14.9 Å². The molecule has 2 rings (SSSR count). The van der Waals surface area contributed by atoms with Crippen molar-refractivity contribution in [3.63, 3.8) is 0 Å². The van der Waals surface area contributed by atoms with Crippen molar-refractivity contribution in [3.05, 3.63) is 73.2 Å². The fraction of sp³-hybridized carbons (Fsp3) is 0.188. The van der Waals surface area contributed by atoms with Crippen LogP contribution in [0.25, 0.3) is 0 Å². The van der Waals surface area contributed by atoms with E-state index in [1.807, 2.05) is 0 Å². The highest BCUT2D eigenvalue weighted by Crippen LogP contribution is 2.27. The van der Waals surface area contributed by atoms with Crippen molar-refractivity contribution in [2.24, 2.45) is 0 Å². The van der Waals surface area contributed by atoms with Gasteiger partial charge in [0, 0.05) is 27.2 Å². The van der Waals surface area contributed by atoms with Crippen LogP contribution in [0.3, 0.4) is 0 Å². The van der Waals surface area contributed by atoms with E-state index >= 15 is 0 Å². The van der Waals surface area contributed by atoms with Crippen LogP contribution < -0.4 is 5.32 Å². The van der Waals surface area contributed by atoms with Crippen LogP contribution in [0, 0.1) is 17.0 Å². The van der Waals surface area contributed by atoms with Crippen LogP contribution in [0.5, 0.6) is 0 Å². The normalized spacial score (nSPS) is 11.8. The summed E-state index contributed by atoms with van der Waals surface area (Å²) in [5.41, 5.74) is 1.21. The van der Waals surface area contributed by atoms with Crippen LogP contribution in [0.1, 0.15) is 34.5 Å². The van der Waals surface area contributed by atoms with Gasteiger partial charge in [0.2, 0.25) is 0 Å². The zero-order chi connectivity index (χ0) is 17.1. The summed E-state index contributed by atoms with van der Waals surface area (Å²) < 4.78 is 0. The predicted molar refractivity (Wildman–Crippen MR) is 90.2 cm³/mol. The quantitative estimate of drug-likeness (QED) is 0.640. The van der Waals surface area contributed by atoms with Gasteiger partial charge in [0.05, 0.1) is 11.0 Å². The smallest absolute Gasteiger partial charge is 0.273 e. The van der Waals surface area contributed by atoms with E-state index < -0.39 is 10.8 Å². The molecule has 2 aromatic carbocycles. The Hall–Kier alpha value is -2.11. The molecule has 0 aliphatic rings. The first kappa shape index (κ1) is 17.2. The van der Waals surface area contributed by atoms with Crippen LogP contribution in [-0.4, -0.2) is 10.8 Å². The summed E-state index contributed by atoms with van der Waals surface area (Å²) in [6.45, 7) is 3.33. The third kappa shape index (κ3) is 3.81. The molecule has 0 saturated carbocycles. The lowest BCUT2D eigenvalue weighted by Crippen LogP contribution is -2.27. The number of rotatable bonds is 4. The summed E-state index contributed by atoms with van der Waals surface area (Å²) in [6.07, 6.45) is 0. The molecule has 0 unspecified atom stereocenters. The number of carbonyl (C=O) groups is 1. The maximum atomic E-state index is 12.4. The first-order valence-corrected chi connectivity index (χ1v) is 7.56. The van der Waals surface area contributed by atoms with Crippen molar-refractivity contribution in [2.75, 3.05) is 0 Å². The van der Waals surface area contributed by atoms with Gasteiger partial charge in [-0.15, -0.1) is 0 Å². The maximum absolute atomic E-state index is 12.4. The van der Waals surface area contributed by atoms with Gasteiger partial charge in [0.15, 0.2) is 0 Å². The largest absolute Gasteiger partial charge is 0.345 e. The highest BCUT2D eigenvalue weighted by molar-refractivity contribution is 6.35. The standard InChI is InChI=1S/C16H14Cl2N2O3/c1-9-12(4-3-5-15(9)20(22)23)16(21)19-10(2)13-7-6-11(17)8-14(13)18/h3-8,10H,1-2H3,(H,19,21)/t10-/m0/s1. The first-order chi connectivity index (χ1) is 10.8. The Labute approximate surface area is 143 Å². The Morgan fingerprint density at radius 3 is 2.57 bits per heavy atom. The molecule has 1 atom stereocenters. The zero-order valence-electron chi connectivity index (χ0n) is 12.5. The molecule has 2 aromatic rings. The summed E-state index contributed by atoms with van der Waals surface area (Å²) in [4.78, 5) is 22.9. The van der Waals surface area contributed by atoms with E-state index in [9.17, 15) is 14.9 Å². The molecule has 0 heterocycles. The Morgan fingerprint density at radius 1 is 1.26 bits per heavy atom. The van der Waals surface area contributed by atoms with Crippen LogP contribution in [0.15, 0.2) is 36.4 Å². The van der Waals surface area contributed by atoms with Gasteiger partial charge in [-0.2, -0.15) is 0 Å². The molecule has 0 aliphatic heterocycles. The van der Waals surface area contributed by atoms with E-state index in [1.165, 1.54) is 12.1 Å². The number of hydrogen-bond donors (Lipinski definition) is 1. The van der Waals surface area contributed by atoms with Crippen molar-refractivity contribution in [1.29, 1.82) is 0 Å². The summed E-state index contributed by atoms with van der Waals surface area (Å²) in [5, 5.41) is 14.7. The molecule has 0 aliphatic carbocycles. The lowest BCUT2D eigenvalue weighted by molar-refractivity contribution is -0.385. The maximum Gasteiger partial charge on any atom is 0.273 e. The second-order valence-electron chi connectivity index (χ2n) is 5.07. The van der Waals surface area contributed by atoms with Crippen molar-refractivity contribution >= 4 is 34.8 Å². The molecule has 0 bridgehead atoms. The average Bonchev–Trinajstić information content (AvgIpc) is 2.46. The van der Waals surface area contributed by atoms with E-state index in [1.54, 1.807) is 38.1 Å². The number of benzene rings is 2. The summed E-state index contributed by atoms with van der Waals surface area (Å²) in [7, 11) is 0. The molecular formula is C16H14Cl2N2O3.